The fourth-order valence-electron chi connectivity index (χ4n) is 3.84. The van der Waals surface area contributed by atoms with Crippen molar-refractivity contribution in [3.8, 4) is 0 Å². The Labute approximate surface area is 162 Å². The van der Waals surface area contributed by atoms with Gasteiger partial charge in [0, 0.05) is 24.4 Å². The van der Waals surface area contributed by atoms with E-state index in [0.717, 1.165) is 22.3 Å². The highest BCUT2D eigenvalue weighted by Crippen LogP contribution is 2.39. The molecule has 5 rings (SSSR count). The van der Waals surface area contributed by atoms with Crippen LogP contribution in [0.3, 0.4) is 0 Å². The number of nitrogens with two attached hydrogens (primary N) is 1. The normalized spacial score (nSPS) is 16.9. The third-order valence-corrected chi connectivity index (χ3v) is 5.92. The van der Waals surface area contributed by atoms with Gasteiger partial charge in [-0.1, -0.05) is 6.07 Å². The molecule has 3 aromatic heterocycles. The van der Waals surface area contributed by atoms with E-state index in [2.05, 4.69) is 21.0 Å². The van der Waals surface area contributed by atoms with Crippen molar-refractivity contribution in [1.82, 2.24) is 19.9 Å². The largest absolute Gasteiger partial charge is 0.383 e. The van der Waals surface area contributed by atoms with Gasteiger partial charge in [-0.05, 0) is 43.4 Å². The summed E-state index contributed by atoms with van der Waals surface area (Å²) in [6.07, 6.45) is 4.45. The van der Waals surface area contributed by atoms with E-state index in [1.54, 1.807) is 18.0 Å². The molecule has 1 amide bonds. The zero-order valence-electron chi connectivity index (χ0n) is 16.0. The molecule has 1 aliphatic heterocycles. The summed E-state index contributed by atoms with van der Waals surface area (Å²) in [7, 11) is 1.80. The van der Waals surface area contributed by atoms with Crippen LogP contribution in [0, 0.1) is 0 Å². The molecule has 3 aromatic rings. The van der Waals surface area contributed by atoms with Crippen molar-refractivity contribution in [2.45, 2.75) is 44.9 Å². The minimum atomic E-state index is -0.140. The van der Waals surface area contributed by atoms with Gasteiger partial charge in [0.05, 0.1) is 36.0 Å². The zero-order chi connectivity index (χ0) is 19.4. The first-order valence-corrected chi connectivity index (χ1v) is 9.63. The predicted molar refractivity (Wildman–Crippen MR) is 106 cm³/mol. The number of aromatic amines is 1. The zero-order valence-corrected chi connectivity index (χ0v) is 16.0. The summed E-state index contributed by atoms with van der Waals surface area (Å²) in [5, 5.41) is 0. The highest BCUT2D eigenvalue weighted by molar-refractivity contribution is 5.98. The Balaban J connectivity index is 1.42. The topological polar surface area (TPSA) is 97.1 Å². The van der Waals surface area contributed by atoms with Crippen LogP contribution in [0.1, 0.15) is 64.6 Å². The molecule has 0 radical (unpaired) electrons. The Hall–Kier alpha value is -2.93. The Morgan fingerprint density at radius 1 is 1.32 bits per heavy atom. The highest BCUT2D eigenvalue weighted by Gasteiger charge is 2.26. The van der Waals surface area contributed by atoms with Gasteiger partial charge in [0.1, 0.15) is 11.5 Å². The second kappa shape index (κ2) is 6.31. The van der Waals surface area contributed by atoms with Crippen LogP contribution in [0.4, 0.5) is 5.82 Å². The fourth-order valence-corrected chi connectivity index (χ4v) is 3.84. The molecule has 1 atom stereocenters. The Kier molecular flexibility index (Phi) is 3.87. The van der Waals surface area contributed by atoms with Gasteiger partial charge in [-0.3, -0.25) is 9.78 Å². The number of carbonyl (C=O) groups excluding carboxylic acids is 1. The van der Waals surface area contributed by atoms with Gasteiger partial charge in [-0.25, -0.2) is 4.98 Å². The Morgan fingerprint density at radius 3 is 2.82 bits per heavy atom. The van der Waals surface area contributed by atoms with E-state index in [9.17, 15) is 4.79 Å². The first kappa shape index (κ1) is 17.2. The second-order valence-electron chi connectivity index (χ2n) is 7.77. The van der Waals surface area contributed by atoms with Crippen molar-refractivity contribution in [3.05, 3.63) is 52.5 Å². The number of nitrogens with zero attached hydrogens (tertiary/aromatic N) is 3. The van der Waals surface area contributed by atoms with Crippen LogP contribution in [-0.4, -0.2) is 32.8 Å². The average Bonchev–Trinajstić information content (AvgIpc) is 3.27. The van der Waals surface area contributed by atoms with Crippen LogP contribution in [0.2, 0.25) is 0 Å². The van der Waals surface area contributed by atoms with Crippen molar-refractivity contribution in [3.63, 3.8) is 0 Å². The lowest BCUT2D eigenvalue weighted by Crippen LogP contribution is -2.30. The number of carbonyl (C=O) groups is 1. The summed E-state index contributed by atoms with van der Waals surface area (Å²) in [6, 6.07) is 5.78. The van der Waals surface area contributed by atoms with Crippen LogP contribution in [-0.2, 0) is 18.0 Å². The second-order valence-corrected chi connectivity index (χ2v) is 7.77. The number of pyridine rings is 2. The number of hydrogen-bond acceptors (Lipinski definition) is 5. The first-order valence-electron chi connectivity index (χ1n) is 9.63. The van der Waals surface area contributed by atoms with E-state index in [-0.39, 0.29) is 11.9 Å². The molecule has 0 spiro atoms. The highest BCUT2D eigenvalue weighted by atomic mass is 16.5. The van der Waals surface area contributed by atoms with Crippen molar-refractivity contribution in [2.24, 2.45) is 0 Å². The molecule has 1 aliphatic carbocycles. The third kappa shape index (κ3) is 2.74. The fraction of sp³-hybridized carbons (Fsp3) is 0.381. The van der Waals surface area contributed by atoms with Gasteiger partial charge in [0.15, 0.2) is 0 Å². The minimum Gasteiger partial charge on any atom is -0.383 e. The number of nitrogen functional groups attached to an aromatic ring is 1. The van der Waals surface area contributed by atoms with Crippen molar-refractivity contribution >= 4 is 22.8 Å². The minimum absolute atomic E-state index is 0.107. The number of aromatic nitrogens is 3. The van der Waals surface area contributed by atoms with Gasteiger partial charge in [0.25, 0.3) is 5.91 Å². The van der Waals surface area contributed by atoms with Gasteiger partial charge in [-0.15, -0.1) is 0 Å². The smallest absolute Gasteiger partial charge is 0.270 e. The number of hydrogen-bond donors (Lipinski definition) is 2. The molecule has 3 N–H and O–H groups in total. The average molecular weight is 377 g/mol. The summed E-state index contributed by atoms with van der Waals surface area (Å²) in [4.78, 5) is 27.0. The molecule has 1 fully saturated rings. The number of fused-ring (bicyclic) bond motifs is 3. The van der Waals surface area contributed by atoms with E-state index in [0.29, 0.717) is 36.2 Å². The van der Waals surface area contributed by atoms with Gasteiger partial charge in [-0.2, -0.15) is 0 Å². The molecule has 28 heavy (non-hydrogen) atoms. The van der Waals surface area contributed by atoms with Crippen LogP contribution in [0.15, 0.2) is 24.4 Å². The first-order chi connectivity index (χ1) is 13.5. The summed E-state index contributed by atoms with van der Waals surface area (Å²) < 4.78 is 5.50. The maximum atomic E-state index is 13.1. The van der Waals surface area contributed by atoms with E-state index >= 15 is 0 Å². The Morgan fingerprint density at radius 2 is 2.11 bits per heavy atom. The van der Waals surface area contributed by atoms with Gasteiger partial charge in [0.2, 0.25) is 0 Å². The molecular formula is C21H23N5O2. The molecule has 0 bridgehead atoms. The van der Waals surface area contributed by atoms with Crippen LogP contribution in [0.5, 0.6) is 0 Å². The quantitative estimate of drug-likeness (QED) is 0.727. The van der Waals surface area contributed by atoms with E-state index < -0.39 is 0 Å². The summed E-state index contributed by atoms with van der Waals surface area (Å²) in [6.45, 7) is 2.93. The third-order valence-electron chi connectivity index (χ3n) is 5.92. The van der Waals surface area contributed by atoms with Gasteiger partial charge >= 0.3 is 0 Å². The number of H-pyrrole nitrogens is 1. The lowest BCUT2D eigenvalue weighted by molar-refractivity contribution is 0.0734. The molecule has 1 saturated carbocycles. The number of ether oxygens (including phenoxy) is 1. The van der Waals surface area contributed by atoms with Crippen molar-refractivity contribution in [2.75, 3.05) is 12.8 Å². The molecule has 144 valence electrons. The Bertz CT molecular complexity index is 1070. The molecule has 4 heterocycles. The molecule has 2 aliphatic rings. The van der Waals surface area contributed by atoms with Crippen LogP contribution in [0.25, 0.3) is 11.0 Å². The lowest BCUT2D eigenvalue weighted by atomic mass is 10.1. The van der Waals surface area contributed by atoms with Crippen LogP contribution < -0.4 is 5.73 Å². The van der Waals surface area contributed by atoms with Crippen LogP contribution >= 0.6 is 0 Å². The number of nitrogens with one attached hydrogen (secondary N) is 1. The van der Waals surface area contributed by atoms with E-state index in [4.69, 9.17) is 10.5 Å². The summed E-state index contributed by atoms with van der Waals surface area (Å²) in [5.41, 5.74) is 12.1. The molecule has 7 heteroatoms. The molecule has 0 aromatic carbocycles. The number of amides is 1. The summed E-state index contributed by atoms with van der Waals surface area (Å²) >= 11 is 0. The number of rotatable bonds is 4. The van der Waals surface area contributed by atoms with E-state index in [1.807, 2.05) is 19.2 Å². The maximum Gasteiger partial charge on any atom is 0.270 e. The van der Waals surface area contributed by atoms with Crippen molar-refractivity contribution in [1.29, 1.82) is 0 Å². The predicted octanol–water partition coefficient (Wildman–Crippen LogP) is 3.28. The molecular weight excluding hydrogens is 354 g/mol. The maximum absolute atomic E-state index is 13.1. The molecule has 7 nitrogen and oxygen atoms in total. The molecule has 0 saturated heterocycles. The van der Waals surface area contributed by atoms with Crippen molar-refractivity contribution < 1.29 is 9.53 Å². The number of anilines is 1. The molecule has 1 unspecified atom stereocenters. The summed E-state index contributed by atoms with van der Waals surface area (Å²) in [5.74, 6) is 1.04. The lowest BCUT2D eigenvalue weighted by Gasteiger charge is -2.24. The monoisotopic (exact) mass is 377 g/mol. The standard InChI is InChI=1S/C21H23N5O2/c1-11(16-6-5-13(8-23-16)12-3-4-12)26(2)21(27)18-7-17-19(24-18)14-9-28-10-15(14)20(22)25-17/h5-8,11-12,24H,3-4,9-10H2,1-2H3,(H2,22,25). The van der Waals surface area contributed by atoms with E-state index in [1.165, 1.54) is 18.4 Å². The SMILES string of the molecule is CC(c1ccc(C2CC2)cn1)N(C)C(=O)c1cc2nc(N)c3c(c2[nH]1)COC3. The van der Waals surface area contributed by atoms with Gasteiger partial charge < -0.3 is 20.4 Å².